The monoisotopic (exact) mass is 421 g/mol. The number of halogens is 6. The van der Waals surface area contributed by atoms with Crippen LogP contribution in [0.4, 0.5) is 27.6 Å². The molecule has 0 amide bonds. The van der Waals surface area contributed by atoms with Crippen LogP contribution in [0.25, 0.3) is 0 Å². The van der Waals surface area contributed by atoms with Crippen molar-refractivity contribution in [2.45, 2.75) is 19.0 Å². The van der Waals surface area contributed by atoms with Gasteiger partial charge in [-0.05, 0) is 18.2 Å². The molecule has 0 aliphatic rings. The molecule has 1 heterocycles. The third-order valence-electron chi connectivity index (χ3n) is 3.26. The van der Waals surface area contributed by atoms with Crippen molar-refractivity contribution in [2.75, 3.05) is 6.61 Å². The summed E-state index contributed by atoms with van der Waals surface area (Å²) in [5, 5.41) is 3.29. The smallest absolute Gasteiger partial charge is 0.419 e. The Bertz CT molecular complexity index is 878. The third kappa shape index (κ3) is 5.84. The first-order valence-corrected chi connectivity index (χ1v) is 7.89. The standard InChI is InChI=1S/C16H13ClF5N5O/c1-15(18,19)12-4-10(2-3-13(12)17)24-7-11(27-23)8-28-14-25-5-9(6-26-14)16(20,21)22/h2-7H,8,23H2,1H3. The Labute approximate surface area is 160 Å². The number of rotatable bonds is 6. The lowest BCUT2D eigenvalue weighted by atomic mass is 10.1. The molecule has 0 bridgehead atoms. The van der Waals surface area contributed by atoms with E-state index in [1.54, 1.807) is 0 Å². The van der Waals surface area contributed by atoms with Crippen LogP contribution in [0.5, 0.6) is 6.01 Å². The molecule has 0 unspecified atom stereocenters. The van der Waals surface area contributed by atoms with Crippen molar-refractivity contribution in [2.24, 2.45) is 15.9 Å². The predicted octanol–water partition coefficient (Wildman–Crippen LogP) is 4.36. The van der Waals surface area contributed by atoms with Crippen LogP contribution in [0, 0.1) is 0 Å². The van der Waals surface area contributed by atoms with Gasteiger partial charge in [0.2, 0.25) is 0 Å². The van der Waals surface area contributed by atoms with Gasteiger partial charge in [0.15, 0.2) is 0 Å². The SMILES string of the molecule is CC(F)(F)c1cc(N=CC(COc2ncc(C(F)(F)F)cn2)=NN)ccc1Cl. The number of nitrogens with two attached hydrogens (primary N) is 1. The van der Waals surface area contributed by atoms with Gasteiger partial charge in [0.25, 0.3) is 5.92 Å². The Balaban J connectivity index is 2.05. The third-order valence-corrected chi connectivity index (χ3v) is 3.59. The van der Waals surface area contributed by atoms with E-state index in [0.717, 1.165) is 12.3 Å². The molecule has 0 fully saturated rings. The number of aromatic nitrogens is 2. The minimum absolute atomic E-state index is 0.0586. The second-order valence-corrected chi connectivity index (χ2v) is 5.88. The molecule has 0 aliphatic carbocycles. The summed E-state index contributed by atoms with van der Waals surface area (Å²) in [7, 11) is 0. The Morgan fingerprint density at radius 3 is 2.39 bits per heavy atom. The van der Waals surface area contributed by atoms with Crippen LogP contribution in [-0.2, 0) is 12.1 Å². The van der Waals surface area contributed by atoms with E-state index in [4.69, 9.17) is 22.2 Å². The molecule has 12 heteroatoms. The minimum atomic E-state index is -4.57. The molecule has 1 aromatic carbocycles. The second-order valence-electron chi connectivity index (χ2n) is 5.47. The van der Waals surface area contributed by atoms with Crippen LogP contribution in [-0.4, -0.2) is 28.5 Å². The van der Waals surface area contributed by atoms with E-state index < -0.39 is 23.2 Å². The Kier molecular flexibility index (Phi) is 6.49. The molecule has 28 heavy (non-hydrogen) atoms. The summed E-state index contributed by atoms with van der Waals surface area (Å²) in [5.74, 6) is 2.04. The fraction of sp³-hybridized carbons (Fsp3) is 0.250. The maximum Gasteiger partial charge on any atom is 0.419 e. The van der Waals surface area contributed by atoms with Gasteiger partial charge in [-0.3, -0.25) is 4.99 Å². The zero-order chi connectivity index (χ0) is 20.9. The summed E-state index contributed by atoms with van der Waals surface area (Å²) in [4.78, 5) is 10.8. The Hall–Kier alpha value is -2.82. The van der Waals surface area contributed by atoms with Gasteiger partial charge in [-0.15, -0.1) is 0 Å². The highest BCUT2D eigenvalue weighted by Gasteiger charge is 2.31. The minimum Gasteiger partial charge on any atom is -0.457 e. The summed E-state index contributed by atoms with van der Waals surface area (Å²) in [6.45, 7) is 0.391. The highest BCUT2D eigenvalue weighted by Crippen LogP contribution is 2.35. The summed E-state index contributed by atoms with van der Waals surface area (Å²) < 4.78 is 69.4. The van der Waals surface area contributed by atoms with Crippen molar-refractivity contribution in [3.05, 3.63) is 46.7 Å². The van der Waals surface area contributed by atoms with Gasteiger partial charge in [-0.25, -0.2) is 18.7 Å². The van der Waals surface area contributed by atoms with Gasteiger partial charge >= 0.3 is 12.2 Å². The lowest BCUT2D eigenvalue weighted by molar-refractivity contribution is -0.138. The number of benzene rings is 1. The molecule has 0 saturated carbocycles. The van der Waals surface area contributed by atoms with Crippen LogP contribution in [0.3, 0.4) is 0 Å². The molecule has 0 atom stereocenters. The lowest BCUT2D eigenvalue weighted by Gasteiger charge is -2.12. The number of hydrogen-bond donors (Lipinski definition) is 1. The number of hydrazone groups is 1. The summed E-state index contributed by atoms with van der Waals surface area (Å²) in [6.07, 6.45) is -2.29. The van der Waals surface area contributed by atoms with Crippen LogP contribution >= 0.6 is 11.6 Å². The molecule has 150 valence electrons. The maximum atomic E-state index is 13.5. The number of hydrogen-bond acceptors (Lipinski definition) is 6. The first-order chi connectivity index (χ1) is 13.0. The predicted molar refractivity (Wildman–Crippen MR) is 93.3 cm³/mol. The van der Waals surface area contributed by atoms with E-state index in [0.29, 0.717) is 19.3 Å². The van der Waals surface area contributed by atoms with Crippen LogP contribution < -0.4 is 10.6 Å². The van der Waals surface area contributed by atoms with Gasteiger partial charge in [0.05, 0.1) is 17.5 Å². The molecule has 6 nitrogen and oxygen atoms in total. The summed E-state index contributed by atoms with van der Waals surface area (Å²) in [5.41, 5.74) is -1.21. The van der Waals surface area contributed by atoms with Crippen molar-refractivity contribution in [3.63, 3.8) is 0 Å². The molecule has 2 rings (SSSR count). The average molecular weight is 422 g/mol. The maximum absolute atomic E-state index is 13.5. The zero-order valence-electron chi connectivity index (χ0n) is 14.2. The summed E-state index contributed by atoms with van der Waals surface area (Å²) in [6, 6.07) is 3.45. The van der Waals surface area contributed by atoms with E-state index >= 15 is 0 Å². The Morgan fingerprint density at radius 2 is 1.86 bits per heavy atom. The topological polar surface area (TPSA) is 85.8 Å². The molecular formula is C16H13ClF5N5O. The number of alkyl halides is 5. The van der Waals surface area contributed by atoms with Crippen LogP contribution in [0.15, 0.2) is 40.7 Å². The normalized spacial score (nSPS) is 13.2. The highest BCUT2D eigenvalue weighted by atomic mass is 35.5. The second kappa shape index (κ2) is 8.46. The highest BCUT2D eigenvalue weighted by molar-refractivity contribution is 6.32. The number of aliphatic imine (C=N–C) groups is 1. The van der Waals surface area contributed by atoms with Crippen LogP contribution in [0.2, 0.25) is 5.02 Å². The first kappa shape index (κ1) is 21.5. The van der Waals surface area contributed by atoms with E-state index in [-0.39, 0.29) is 29.0 Å². The molecular weight excluding hydrogens is 409 g/mol. The van der Waals surface area contributed by atoms with E-state index in [1.165, 1.54) is 12.1 Å². The Morgan fingerprint density at radius 1 is 1.21 bits per heavy atom. The van der Waals surface area contributed by atoms with Gasteiger partial charge in [0, 0.05) is 29.9 Å². The average Bonchev–Trinajstić information content (AvgIpc) is 2.61. The van der Waals surface area contributed by atoms with Crippen molar-refractivity contribution in [3.8, 4) is 6.01 Å². The molecule has 0 saturated heterocycles. The van der Waals surface area contributed by atoms with Crippen molar-refractivity contribution < 1.29 is 26.7 Å². The van der Waals surface area contributed by atoms with Gasteiger partial charge in [-0.2, -0.15) is 18.3 Å². The molecule has 2 N–H and O–H groups in total. The van der Waals surface area contributed by atoms with Gasteiger partial charge < -0.3 is 10.6 Å². The largest absolute Gasteiger partial charge is 0.457 e. The van der Waals surface area contributed by atoms with E-state index in [1.807, 2.05) is 0 Å². The van der Waals surface area contributed by atoms with Crippen molar-refractivity contribution in [1.29, 1.82) is 0 Å². The summed E-state index contributed by atoms with van der Waals surface area (Å²) >= 11 is 5.75. The molecule has 1 aromatic heterocycles. The fourth-order valence-electron chi connectivity index (χ4n) is 1.86. The zero-order valence-corrected chi connectivity index (χ0v) is 15.0. The number of nitrogens with zero attached hydrogens (tertiary/aromatic N) is 4. The van der Waals surface area contributed by atoms with Crippen molar-refractivity contribution >= 4 is 29.2 Å². The van der Waals surface area contributed by atoms with E-state index in [9.17, 15) is 22.0 Å². The van der Waals surface area contributed by atoms with E-state index in [2.05, 4.69) is 20.1 Å². The lowest BCUT2D eigenvalue weighted by Crippen LogP contribution is -2.16. The van der Waals surface area contributed by atoms with Gasteiger partial charge in [-0.1, -0.05) is 11.6 Å². The molecule has 0 radical (unpaired) electrons. The molecule has 0 aliphatic heterocycles. The number of ether oxygens (including phenoxy) is 1. The van der Waals surface area contributed by atoms with Crippen molar-refractivity contribution in [1.82, 2.24) is 9.97 Å². The quantitative estimate of drug-likeness (QED) is 0.325. The van der Waals surface area contributed by atoms with Crippen LogP contribution in [0.1, 0.15) is 18.1 Å². The molecule has 2 aromatic rings. The first-order valence-electron chi connectivity index (χ1n) is 7.51. The van der Waals surface area contributed by atoms with Gasteiger partial charge in [0.1, 0.15) is 12.3 Å². The molecule has 0 spiro atoms. The fourth-order valence-corrected chi connectivity index (χ4v) is 2.15.